The molecule has 7 rings (SSSR count). The van der Waals surface area contributed by atoms with Gasteiger partial charge in [0.05, 0.1) is 65.3 Å². The molecule has 4 aliphatic rings. The average molecular weight is 1060 g/mol. The average Bonchev–Trinajstić information content (AvgIpc) is 3.69. The molecule has 0 radical (unpaired) electrons. The van der Waals surface area contributed by atoms with Gasteiger partial charge >= 0.3 is 0 Å². The predicted molar refractivity (Wildman–Crippen MR) is 299 cm³/mol. The molecular weight excluding hydrogens is 981 g/mol. The summed E-state index contributed by atoms with van der Waals surface area (Å²) in [5, 5.41) is 13.0. The lowest BCUT2D eigenvalue weighted by Gasteiger charge is -2.35. The third-order valence-corrected chi connectivity index (χ3v) is 18.6. The van der Waals surface area contributed by atoms with Gasteiger partial charge < -0.3 is 40.5 Å². The van der Waals surface area contributed by atoms with Gasteiger partial charge in [-0.15, -0.1) is 23.5 Å². The standard InChI is InChI=1S/C56H76N6O6S4/c1-9-35(2)51(69)59-42-24-26-72-47-30-56(6,7)49(62(47)54(42)66)50(64)58-44(40-18-14-11-15-19-40)34-68-32-38-22-20-37(21-23-38)31-67-33-41(39-16-12-10-13-17-39)28-45(63)48-55(4,5)29-46-61(48)53(65)43(25-27-71-46)60-52(70)36(3)57-8/h10-23,35-36,41-44,46-49,57H,9,24-34H2,1-8H3,(H,58,64)(H,59,69)(H,60,70)/t35-,36+,41-,42+,43+,44-,46+,47+,48?,49?/m1/s1. The molecular formula is C56H76N6O6S4. The molecule has 3 amide bonds. The van der Waals surface area contributed by atoms with Crippen molar-refractivity contribution in [2.75, 3.05) is 31.8 Å². The van der Waals surface area contributed by atoms with Gasteiger partial charge in [0.15, 0.2) is 5.78 Å². The van der Waals surface area contributed by atoms with Crippen LogP contribution in [0.1, 0.15) is 121 Å². The van der Waals surface area contributed by atoms with E-state index in [1.807, 2.05) is 109 Å². The number of likely N-dealkylation sites (N-methyl/N-ethyl adjacent to an activating group) is 1. The van der Waals surface area contributed by atoms with Crippen molar-refractivity contribution < 1.29 is 28.7 Å². The Kier molecular flexibility index (Phi) is 19.5. The molecule has 3 aromatic carbocycles. The lowest BCUT2D eigenvalue weighted by molar-refractivity contribution is -0.142. The van der Waals surface area contributed by atoms with Crippen LogP contribution in [-0.4, -0.2) is 116 Å². The number of rotatable bonds is 21. The van der Waals surface area contributed by atoms with E-state index in [4.69, 9.17) is 33.9 Å². The minimum Gasteiger partial charge on any atom is -0.376 e. The summed E-state index contributed by atoms with van der Waals surface area (Å²) < 4.78 is 12.7. The number of thioether (sulfide) groups is 2. The first-order valence-electron chi connectivity index (χ1n) is 25.7. The van der Waals surface area contributed by atoms with Crippen molar-refractivity contribution in [1.29, 1.82) is 0 Å². The molecule has 72 heavy (non-hydrogen) atoms. The number of hydrogen-bond donors (Lipinski definition) is 4. The number of benzene rings is 3. The van der Waals surface area contributed by atoms with Crippen LogP contribution in [0.2, 0.25) is 0 Å². The first kappa shape index (κ1) is 55.8. The van der Waals surface area contributed by atoms with Gasteiger partial charge in [-0.05, 0) is 90.7 Å². The molecule has 2 unspecified atom stereocenters. The third-order valence-electron chi connectivity index (χ3n) is 15.1. The van der Waals surface area contributed by atoms with E-state index in [1.54, 1.807) is 23.5 Å². The second kappa shape index (κ2) is 25.1. The number of nitrogens with zero attached hydrogens (tertiary/aromatic N) is 2. The Morgan fingerprint density at radius 2 is 1.19 bits per heavy atom. The molecule has 390 valence electrons. The van der Waals surface area contributed by atoms with E-state index < -0.39 is 41.0 Å². The number of ketones is 1. The van der Waals surface area contributed by atoms with E-state index in [1.165, 1.54) is 0 Å². The zero-order valence-corrected chi connectivity index (χ0v) is 46.6. The summed E-state index contributed by atoms with van der Waals surface area (Å²) in [5.41, 5.74) is 3.05. The molecule has 16 heteroatoms. The van der Waals surface area contributed by atoms with Gasteiger partial charge in [0.25, 0.3) is 0 Å². The molecule has 4 aliphatic heterocycles. The van der Waals surface area contributed by atoms with Crippen LogP contribution in [0.3, 0.4) is 0 Å². The molecule has 0 aromatic heterocycles. The van der Waals surface area contributed by atoms with Crippen molar-refractivity contribution in [2.45, 2.75) is 153 Å². The second-order valence-corrected chi connectivity index (χ2v) is 24.9. The Balaban J connectivity index is 0.960. The molecule has 4 N–H and O–H groups in total. The Hall–Kier alpha value is -3.90. The monoisotopic (exact) mass is 1060 g/mol. The van der Waals surface area contributed by atoms with Crippen LogP contribution in [0.5, 0.6) is 0 Å². The predicted octanol–water partition coefficient (Wildman–Crippen LogP) is 8.73. The fraction of sp³-hybridized carbons (Fsp3) is 0.571. The molecule has 12 nitrogen and oxygen atoms in total. The van der Waals surface area contributed by atoms with Crippen LogP contribution in [0.15, 0.2) is 84.9 Å². The maximum absolute atomic E-state index is 14.6. The zero-order valence-electron chi connectivity index (χ0n) is 43.3. The smallest absolute Gasteiger partial charge is 0.246 e. The fourth-order valence-corrected chi connectivity index (χ4v) is 14.3. The van der Waals surface area contributed by atoms with E-state index in [2.05, 4.69) is 62.8 Å². The summed E-state index contributed by atoms with van der Waals surface area (Å²) in [7, 11) is 1.84. The highest BCUT2D eigenvalue weighted by Crippen LogP contribution is 2.48. The van der Waals surface area contributed by atoms with E-state index >= 15 is 0 Å². The summed E-state index contributed by atoms with van der Waals surface area (Å²) in [6.45, 7) is 15.8. The quantitative estimate of drug-likeness (QED) is 0.0757. The summed E-state index contributed by atoms with van der Waals surface area (Å²) in [6, 6.07) is 25.3. The molecule has 3 aromatic rings. The molecule has 4 fully saturated rings. The Morgan fingerprint density at radius 1 is 0.708 bits per heavy atom. The van der Waals surface area contributed by atoms with Gasteiger partial charge in [-0.3, -0.25) is 19.2 Å². The summed E-state index contributed by atoms with van der Waals surface area (Å²) >= 11 is 14.8. The molecule has 4 heterocycles. The highest BCUT2D eigenvalue weighted by molar-refractivity contribution is 8.00. The maximum atomic E-state index is 14.6. The normalized spacial score (nSPS) is 25.2. The van der Waals surface area contributed by atoms with Crippen molar-refractivity contribution in [1.82, 2.24) is 31.1 Å². The van der Waals surface area contributed by atoms with Crippen LogP contribution in [0, 0.1) is 16.7 Å². The van der Waals surface area contributed by atoms with Crippen LogP contribution in [0.25, 0.3) is 0 Å². The molecule has 0 bridgehead atoms. The minimum absolute atomic E-state index is 0.0471. The molecule has 10 atom stereocenters. The van der Waals surface area contributed by atoms with Crippen LogP contribution < -0.4 is 21.3 Å². The number of carbonyl (C=O) groups excluding carboxylic acids is 4. The Labute approximate surface area is 447 Å². The first-order valence-corrected chi connectivity index (χ1v) is 28.7. The fourth-order valence-electron chi connectivity index (χ4n) is 10.6. The number of thiocarbonyl (C=S) groups is 2. The van der Waals surface area contributed by atoms with Crippen molar-refractivity contribution in [2.24, 2.45) is 16.7 Å². The van der Waals surface area contributed by atoms with E-state index in [-0.39, 0.29) is 65.2 Å². The number of amides is 3. The van der Waals surface area contributed by atoms with Gasteiger partial charge in [-0.2, -0.15) is 0 Å². The molecule has 0 aliphatic carbocycles. The lowest BCUT2D eigenvalue weighted by Crippen LogP contribution is -2.57. The van der Waals surface area contributed by atoms with Gasteiger partial charge in [-0.25, -0.2) is 0 Å². The maximum Gasteiger partial charge on any atom is 0.246 e. The highest BCUT2D eigenvalue weighted by Gasteiger charge is 2.56. The van der Waals surface area contributed by atoms with Crippen LogP contribution in [0.4, 0.5) is 0 Å². The van der Waals surface area contributed by atoms with Gasteiger partial charge in [0.1, 0.15) is 18.1 Å². The molecule has 0 spiro atoms. The van der Waals surface area contributed by atoms with E-state index in [0.717, 1.165) is 53.0 Å². The van der Waals surface area contributed by atoms with Crippen molar-refractivity contribution in [3.8, 4) is 0 Å². The van der Waals surface area contributed by atoms with E-state index in [9.17, 15) is 19.2 Å². The third kappa shape index (κ3) is 13.5. The summed E-state index contributed by atoms with van der Waals surface area (Å²) in [6.07, 6.45) is 3.90. The van der Waals surface area contributed by atoms with Crippen molar-refractivity contribution >= 4 is 81.4 Å². The Morgan fingerprint density at radius 3 is 1.72 bits per heavy atom. The van der Waals surface area contributed by atoms with Crippen LogP contribution in [-0.2, 0) is 41.9 Å². The number of hydrogen-bond acceptors (Lipinski definition) is 11. The number of fused-ring (bicyclic) bond motifs is 2. The van der Waals surface area contributed by atoms with Crippen molar-refractivity contribution in [3.63, 3.8) is 0 Å². The molecule has 4 saturated heterocycles. The Bertz CT molecular complexity index is 2190. The first-order chi connectivity index (χ1) is 34.4. The largest absolute Gasteiger partial charge is 0.376 e. The van der Waals surface area contributed by atoms with E-state index in [0.29, 0.717) is 42.6 Å². The summed E-state index contributed by atoms with van der Waals surface area (Å²) in [4.78, 5) is 62.7. The lowest BCUT2D eigenvalue weighted by atomic mass is 9.79. The number of nitrogens with one attached hydrogen (secondary N) is 4. The molecule has 0 saturated carbocycles. The zero-order chi connectivity index (χ0) is 51.7. The minimum atomic E-state index is -0.656. The van der Waals surface area contributed by atoms with Gasteiger partial charge in [-0.1, -0.05) is 151 Å². The van der Waals surface area contributed by atoms with Gasteiger partial charge in [0, 0.05) is 18.3 Å². The SMILES string of the molecule is CC[C@@H](C)C(=S)N[C@H]1CCS[C@H]2CC(C)(C)C(C(=O)N[C@H](COCc3ccc(COC[C@@H](CC(=O)C4N5C(=O)[C@@H](NC(=S)[C@H](C)NC)CCS[C@H]5CC4(C)C)c4ccccc4)cc3)c3ccccc3)N2C1=O. The second-order valence-electron chi connectivity index (χ2n) is 21.4. The summed E-state index contributed by atoms with van der Waals surface area (Å²) in [5.74, 6) is 1.31. The van der Waals surface area contributed by atoms with Gasteiger partial charge in [0.2, 0.25) is 17.7 Å². The number of Topliss-reactive ketones (excluding diaryl/α,β-unsaturated/α-hetero) is 1. The number of ether oxygens (including phenoxy) is 2. The highest BCUT2D eigenvalue weighted by atomic mass is 32.2. The number of carbonyl (C=O) groups is 4. The topological polar surface area (TPSA) is 141 Å². The van der Waals surface area contributed by atoms with Crippen molar-refractivity contribution in [3.05, 3.63) is 107 Å². The van der Waals surface area contributed by atoms with Crippen LogP contribution >= 0.6 is 48.0 Å².